The van der Waals surface area contributed by atoms with Gasteiger partial charge in [0.15, 0.2) is 0 Å². The number of unbranched alkanes of at least 4 members (excludes halogenated alkanes) is 1. The van der Waals surface area contributed by atoms with E-state index in [1.807, 2.05) is 54.6 Å². The van der Waals surface area contributed by atoms with E-state index in [0.717, 1.165) is 36.4 Å². The summed E-state index contributed by atoms with van der Waals surface area (Å²) < 4.78 is 5.79. The van der Waals surface area contributed by atoms with Crippen molar-refractivity contribution in [1.29, 1.82) is 0 Å². The summed E-state index contributed by atoms with van der Waals surface area (Å²) in [6.45, 7) is 3.36. The Morgan fingerprint density at radius 2 is 1.72 bits per heavy atom. The third kappa shape index (κ3) is 6.04. The lowest BCUT2D eigenvalue weighted by Gasteiger charge is -2.16. The predicted octanol–water partition coefficient (Wildman–Crippen LogP) is 4.67. The summed E-state index contributed by atoms with van der Waals surface area (Å²) in [5.41, 5.74) is 2.45. The lowest BCUT2D eigenvalue weighted by molar-refractivity contribution is 0.0792. The predicted molar refractivity (Wildman–Crippen MR) is 114 cm³/mol. The van der Waals surface area contributed by atoms with E-state index in [1.54, 1.807) is 24.3 Å². The number of anilines is 2. The molecular formula is C23H26N4O2. The van der Waals surface area contributed by atoms with E-state index in [4.69, 9.17) is 4.74 Å². The van der Waals surface area contributed by atoms with E-state index >= 15 is 0 Å². The molecule has 2 aromatic carbocycles. The molecule has 150 valence electrons. The minimum Gasteiger partial charge on any atom is -0.489 e. The average Bonchev–Trinajstić information content (AvgIpc) is 2.77. The summed E-state index contributed by atoms with van der Waals surface area (Å²) in [7, 11) is 1.80. The third-order valence-corrected chi connectivity index (χ3v) is 4.45. The molecule has 1 N–H and O–H groups in total. The van der Waals surface area contributed by atoms with Crippen LogP contribution in [-0.2, 0) is 6.61 Å². The highest BCUT2D eigenvalue weighted by atomic mass is 16.5. The molecule has 29 heavy (non-hydrogen) atoms. The van der Waals surface area contributed by atoms with Crippen LogP contribution in [0.5, 0.6) is 5.75 Å². The van der Waals surface area contributed by atoms with Gasteiger partial charge in [0.05, 0.1) is 5.56 Å². The molecule has 0 spiro atoms. The highest BCUT2D eigenvalue weighted by molar-refractivity contribution is 5.93. The number of carbonyl (C=O) groups excluding carboxylic acids is 1. The van der Waals surface area contributed by atoms with Crippen LogP contribution in [-0.4, -0.2) is 34.4 Å². The van der Waals surface area contributed by atoms with Crippen molar-refractivity contribution in [1.82, 2.24) is 14.9 Å². The quantitative estimate of drug-likeness (QED) is 0.575. The molecule has 0 aliphatic rings. The molecule has 0 atom stereocenters. The first kappa shape index (κ1) is 20.3. The monoisotopic (exact) mass is 390 g/mol. The Kier molecular flexibility index (Phi) is 7.16. The van der Waals surface area contributed by atoms with Crippen LogP contribution in [0.2, 0.25) is 0 Å². The molecule has 1 heterocycles. The van der Waals surface area contributed by atoms with E-state index < -0.39 is 0 Å². The Balaban J connectivity index is 1.54. The Hall–Kier alpha value is -3.41. The topological polar surface area (TPSA) is 67.4 Å². The Labute approximate surface area is 171 Å². The highest BCUT2D eigenvalue weighted by Gasteiger charge is 2.12. The number of rotatable bonds is 9. The van der Waals surface area contributed by atoms with Gasteiger partial charge >= 0.3 is 0 Å². The van der Waals surface area contributed by atoms with E-state index in [9.17, 15) is 4.79 Å². The SMILES string of the molecule is CCCCN(C)C(=O)c1cnc(Nc2ccc(OCc3ccccc3)cc2)nc1. The zero-order valence-electron chi connectivity index (χ0n) is 16.8. The maximum absolute atomic E-state index is 12.3. The number of amides is 1. The molecule has 0 saturated carbocycles. The zero-order chi connectivity index (χ0) is 20.5. The van der Waals surface area contributed by atoms with E-state index in [0.29, 0.717) is 18.1 Å². The van der Waals surface area contributed by atoms with Gasteiger partial charge in [-0.2, -0.15) is 0 Å². The van der Waals surface area contributed by atoms with E-state index in [-0.39, 0.29) is 5.91 Å². The Morgan fingerprint density at radius 1 is 1.03 bits per heavy atom. The van der Waals surface area contributed by atoms with Gasteiger partial charge in [-0.15, -0.1) is 0 Å². The van der Waals surface area contributed by atoms with Gasteiger partial charge in [-0.25, -0.2) is 9.97 Å². The molecule has 3 aromatic rings. The molecule has 0 unspecified atom stereocenters. The van der Waals surface area contributed by atoms with Gasteiger partial charge < -0.3 is 15.0 Å². The summed E-state index contributed by atoms with van der Waals surface area (Å²) in [5.74, 6) is 1.16. The van der Waals surface area contributed by atoms with Crippen molar-refractivity contribution in [3.63, 3.8) is 0 Å². The van der Waals surface area contributed by atoms with Crippen molar-refractivity contribution in [2.24, 2.45) is 0 Å². The van der Waals surface area contributed by atoms with Crippen LogP contribution >= 0.6 is 0 Å². The fourth-order valence-corrected chi connectivity index (χ4v) is 2.72. The standard InChI is InChI=1S/C23H26N4O2/c1-3-4-14-27(2)22(28)19-15-24-23(25-16-19)26-20-10-12-21(13-11-20)29-17-18-8-6-5-7-9-18/h5-13,15-16H,3-4,14,17H2,1-2H3,(H,24,25,26). The smallest absolute Gasteiger partial charge is 0.256 e. The first-order chi connectivity index (χ1) is 14.2. The number of benzene rings is 2. The second-order valence-corrected chi connectivity index (χ2v) is 6.80. The largest absolute Gasteiger partial charge is 0.489 e. The molecule has 1 amide bonds. The van der Waals surface area contributed by atoms with E-state index in [1.165, 1.54) is 0 Å². The number of hydrogen-bond acceptors (Lipinski definition) is 5. The number of nitrogens with zero attached hydrogens (tertiary/aromatic N) is 3. The summed E-state index contributed by atoms with van der Waals surface area (Å²) in [6, 6.07) is 17.6. The first-order valence-electron chi connectivity index (χ1n) is 9.77. The number of carbonyl (C=O) groups is 1. The average molecular weight is 390 g/mol. The Morgan fingerprint density at radius 3 is 2.38 bits per heavy atom. The van der Waals surface area contributed by atoms with Crippen LogP contribution in [0.3, 0.4) is 0 Å². The molecule has 0 aliphatic carbocycles. The minimum absolute atomic E-state index is 0.0649. The summed E-state index contributed by atoms with van der Waals surface area (Å²) in [4.78, 5) is 22.5. The second kappa shape index (κ2) is 10.2. The highest BCUT2D eigenvalue weighted by Crippen LogP contribution is 2.19. The number of aromatic nitrogens is 2. The first-order valence-corrected chi connectivity index (χ1v) is 9.77. The third-order valence-electron chi connectivity index (χ3n) is 4.45. The van der Waals surface area contributed by atoms with Crippen LogP contribution < -0.4 is 10.1 Å². The molecule has 6 heteroatoms. The zero-order valence-corrected chi connectivity index (χ0v) is 16.8. The maximum Gasteiger partial charge on any atom is 0.256 e. The summed E-state index contributed by atoms with van der Waals surface area (Å²) >= 11 is 0. The van der Waals surface area contributed by atoms with Gasteiger partial charge in [0, 0.05) is 31.7 Å². The lowest BCUT2D eigenvalue weighted by atomic mass is 10.2. The summed E-state index contributed by atoms with van der Waals surface area (Å²) in [6.07, 6.45) is 5.13. The molecule has 0 saturated heterocycles. The molecule has 0 aliphatic heterocycles. The van der Waals surface area contributed by atoms with Crippen LogP contribution in [0.4, 0.5) is 11.6 Å². The molecule has 0 radical (unpaired) electrons. The second-order valence-electron chi connectivity index (χ2n) is 6.80. The van der Waals surface area contributed by atoms with Gasteiger partial charge in [0.25, 0.3) is 5.91 Å². The van der Waals surface area contributed by atoms with Gasteiger partial charge in [0.2, 0.25) is 5.95 Å². The van der Waals surface area contributed by atoms with Gasteiger partial charge in [-0.1, -0.05) is 43.7 Å². The van der Waals surface area contributed by atoms with Crippen LogP contribution in [0, 0.1) is 0 Å². The van der Waals surface area contributed by atoms with Crippen molar-refractivity contribution in [3.8, 4) is 5.75 Å². The maximum atomic E-state index is 12.3. The summed E-state index contributed by atoms with van der Waals surface area (Å²) in [5, 5.41) is 3.13. The van der Waals surface area contributed by atoms with Crippen molar-refractivity contribution in [3.05, 3.63) is 78.1 Å². The van der Waals surface area contributed by atoms with Crippen LogP contribution in [0.15, 0.2) is 67.0 Å². The van der Waals surface area contributed by atoms with Gasteiger partial charge in [0.1, 0.15) is 12.4 Å². The fraction of sp³-hybridized carbons (Fsp3) is 0.261. The van der Waals surface area contributed by atoms with Crippen molar-refractivity contribution in [2.45, 2.75) is 26.4 Å². The van der Waals surface area contributed by atoms with E-state index in [2.05, 4.69) is 22.2 Å². The van der Waals surface area contributed by atoms with Crippen LogP contribution in [0.25, 0.3) is 0 Å². The van der Waals surface area contributed by atoms with Crippen molar-refractivity contribution >= 4 is 17.5 Å². The van der Waals surface area contributed by atoms with Gasteiger partial charge in [-0.05, 0) is 36.2 Å². The van der Waals surface area contributed by atoms with Crippen molar-refractivity contribution in [2.75, 3.05) is 18.9 Å². The normalized spacial score (nSPS) is 10.4. The fourth-order valence-electron chi connectivity index (χ4n) is 2.72. The molecule has 0 fully saturated rings. The molecule has 1 aromatic heterocycles. The molecule has 6 nitrogen and oxygen atoms in total. The van der Waals surface area contributed by atoms with Crippen LogP contribution in [0.1, 0.15) is 35.7 Å². The van der Waals surface area contributed by atoms with Gasteiger partial charge in [-0.3, -0.25) is 4.79 Å². The minimum atomic E-state index is -0.0649. The lowest BCUT2D eigenvalue weighted by Crippen LogP contribution is -2.27. The molecule has 3 rings (SSSR count). The number of ether oxygens (including phenoxy) is 1. The van der Waals surface area contributed by atoms with Crippen molar-refractivity contribution < 1.29 is 9.53 Å². The number of hydrogen-bond donors (Lipinski definition) is 1. The molecular weight excluding hydrogens is 364 g/mol. The number of nitrogens with one attached hydrogen (secondary N) is 1. The Bertz CT molecular complexity index is 896. The molecule has 0 bridgehead atoms.